The Morgan fingerprint density at radius 3 is 2.72 bits per heavy atom. The normalized spacial score (nSPS) is 10.6. The van der Waals surface area contributed by atoms with Crippen LogP contribution in [0.3, 0.4) is 0 Å². The Bertz CT molecular complexity index is 488. The first-order chi connectivity index (χ1) is 8.70. The third-order valence-corrected chi connectivity index (χ3v) is 2.88. The Hall–Kier alpha value is -1.88. The highest BCUT2D eigenvalue weighted by Crippen LogP contribution is 2.12. The maximum Gasteiger partial charge on any atom is 0.128 e. The average Bonchev–Trinajstić information content (AvgIpc) is 2.76. The number of anilines is 1. The highest BCUT2D eigenvalue weighted by atomic mass is 15.2. The van der Waals surface area contributed by atoms with Gasteiger partial charge in [-0.3, -0.25) is 0 Å². The van der Waals surface area contributed by atoms with E-state index in [0.717, 1.165) is 24.7 Å². The Morgan fingerprint density at radius 1 is 1.33 bits per heavy atom. The lowest BCUT2D eigenvalue weighted by molar-refractivity contribution is 0.753. The first kappa shape index (κ1) is 12.6. The molecule has 96 valence electrons. The Kier molecular flexibility index (Phi) is 3.94. The van der Waals surface area contributed by atoms with Gasteiger partial charge in [0.2, 0.25) is 0 Å². The molecule has 0 radical (unpaired) electrons. The third kappa shape index (κ3) is 2.87. The SMILES string of the molecule is CNCc1ccc(N(C)Cc2nccn2C)nc1. The largest absolute Gasteiger partial charge is 0.352 e. The van der Waals surface area contributed by atoms with E-state index in [0.29, 0.717) is 0 Å². The van der Waals surface area contributed by atoms with Gasteiger partial charge < -0.3 is 14.8 Å². The van der Waals surface area contributed by atoms with Crippen LogP contribution in [0, 0.1) is 0 Å². The fourth-order valence-corrected chi connectivity index (χ4v) is 1.79. The number of aryl methyl sites for hydroxylation is 1. The van der Waals surface area contributed by atoms with Gasteiger partial charge in [-0.25, -0.2) is 9.97 Å². The molecule has 5 heteroatoms. The molecule has 0 spiro atoms. The van der Waals surface area contributed by atoms with Crippen LogP contribution in [0.5, 0.6) is 0 Å². The quantitative estimate of drug-likeness (QED) is 0.859. The lowest BCUT2D eigenvalue weighted by Crippen LogP contribution is -2.20. The van der Waals surface area contributed by atoms with E-state index in [1.54, 1.807) is 0 Å². The summed E-state index contributed by atoms with van der Waals surface area (Å²) in [6.07, 6.45) is 5.67. The number of pyridine rings is 1. The lowest BCUT2D eigenvalue weighted by atomic mass is 10.3. The molecule has 0 bridgehead atoms. The summed E-state index contributed by atoms with van der Waals surface area (Å²) in [6.45, 7) is 1.60. The van der Waals surface area contributed by atoms with Crippen molar-refractivity contribution in [2.75, 3.05) is 19.0 Å². The second-order valence-electron chi connectivity index (χ2n) is 4.37. The van der Waals surface area contributed by atoms with Crippen molar-refractivity contribution in [3.8, 4) is 0 Å². The number of nitrogens with one attached hydrogen (secondary N) is 1. The van der Waals surface area contributed by atoms with Crippen LogP contribution in [0.25, 0.3) is 0 Å². The minimum absolute atomic E-state index is 0.752. The molecule has 18 heavy (non-hydrogen) atoms. The van der Waals surface area contributed by atoms with E-state index < -0.39 is 0 Å². The molecule has 0 aliphatic heterocycles. The molecule has 0 amide bonds. The van der Waals surface area contributed by atoms with Gasteiger partial charge in [-0.15, -0.1) is 0 Å². The molecule has 2 heterocycles. The standard InChI is InChI=1S/C13H19N5/c1-14-8-11-4-5-12(16-9-11)18(3)10-13-15-6-7-17(13)2/h4-7,9,14H,8,10H2,1-3H3. The molecule has 0 atom stereocenters. The van der Waals surface area contributed by atoms with E-state index in [9.17, 15) is 0 Å². The van der Waals surface area contributed by atoms with Gasteiger partial charge in [-0.1, -0.05) is 6.07 Å². The van der Waals surface area contributed by atoms with Crippen LogP contribution < -0.4 is 10.2 Å². The molecule has 0 aromatic carbocycles. The van der Waals surface area contributed by atoms with Crippen molar-refractivity contribution in [1.82, 2.24) is 19.9 Å². The molecular formula is C13H19N5. The average molecular weight is 245 g/mol. The lowest BCUT2D eigenvalue weighted by Gasteiger charge is -2.18. The number of nitrogens with zero attached hydrogens (tertiary/aromatic N) is 4. The summed E-state index contributed by atoms with van der Waals surface area (Å²) >= 11 is 0. The Balaban J connectivity index is 2.04. The Labute approximate surface area is 107 Å². The topological polar surface area (TPSA) is 46.0 Å². The van der Waals surface area contributed by atoms with Gasteiger partial charge in [0.25, 0.3) is 0 Å². The van der Waals surface area contributed by atoms with Crippen molar-refractivity contribution in [3.05, 3.63) is 42.1 Å². The van der Waals surface area contributed by atoms with Gasteiger partial charge in [0, 0.05) is 39.2 Å². The zero-order chi connectivity index (χ0) is 13.0. The van der Waals surface area contributed by atoms with E-state index in [1.165, 1.54) is 5.56 Å². The summed E-state index contributed by atoms with van der Waals surface area (Å²) in [7, 11) is 5.95. The van der Waals surface area contributed by atoms with Crippen molar-refractivity contribution in [2.45, 2.75) is 13.1 Å². The highest BCUT2D eigenvalue weighted by Gasteiger charge is 2.06. The summed E-state index contributed by atoms with van der Waals surface area (Å²) in [4.78, 5) is 10.9. The summed E-state index contributed by atoms with van der Waals surface area (Å²) in [6, 6.07) is 4.13. The fourth-order valence-electron chi connectivity index (χ4n) is 1.79. The van der Waals surface area contributed by atoms with Crippen molar-refractivity contribution >= 4 is 5.82 Å². The molecule has 2 aromatic rings. The molecule has 2 aromatic heterocycles. The molecule has 0 unspecified atom stereocenters. The zero-order valence-electron chi connectivity index (χ0n) is 11.1. The molecule has 0 saturated carbocycles. The maximum absolute atomic E-state index is 4.46. The van der Waals surface area contributed by atoms with Gasteiger partial charge in [-0.05, 0) is 18.7 Å². The molecule has 0 aliphatic carbocycles. The van der Waals surface area contributed by atoms with Crippen LogP contribution in [0.2, 0.25) is 0 Å². The molecule has 1 N–H and O–H groups in total. The predicted octanol–water partition coefficient (Wildman–Crippen LogP) is 1.17. The first-order valence-corrected chi connectivity index (χ1v) is 5.97. The van der Waals surface area contributed by atoms with Crippen LogP contribution in [-0.4, -0.2) is 28.6 Å². The second kappa shape index (κ2) is 5.64. The first-order valence-electron chi connectivity index (χ1n) is 5.97. The highest BCUT2D eigenvalue weighted by molar-refractivity contribution is 5.38. The maximum atomic E-state index is 4.46. The van der Waals surface area contributed by atoms with Gasteiger partial charge in [0.1, 0.15) is 11.6 Å². The van der Waals surface area contributed by atoms with E-state index >= 15 is 0 Å². The van der Waals surface area contributed by atoms with E-state index in [1.807, 2.05) is 50.4 Å². The number of aromatic nitrogens is 3. The number of rotatable bonds is 5. The minimum Gasteiger partial charge on any atom is -0.352 e. The summed E-state index contributed by atoms with van der Waals surface area (Å²) in [5, 5.41) is 3.11. The van der Waals surface area contributed by atoms with Crippen LogP contribution in [-0.2, 0) is 20.1 Å². The summed E-state index contributed by atoms with van der Waals surface area (Å²) in [5.41, 5.74) is 1.19. The summed E-state index contributed by atoms with van der Waals surface area (Å²) < 4.78 is 2.02. The molecular weight excluding hydrogens is 226 g/mol. The van der Waals surface area contributed by atoms with Crippen LogP contribution in [0.4, 0.5) is 5.82 Å². The number of hydrogen-bond acceptors (Lipinski definition) is 4. The van der Waals surface area contributed by atoms with Gasteiger partial charge >= 0.3 is 0 Å². The number of hydrogen-bond donors (Lipinski definition) is 1. The Morgan fingerprint density at radius 2 is 2.17 bits per heavy atom. The van der Waals surface area contributed by atoms with Crippen molar-refractivity contribution in [3.63, 3.8) is 0 Å². The molecule has 0 aliphatic rings. The van der Waals surface area contributed by atoms with E-state index in [-0.39, 0.29) is 0 Å². The fraction of sp³-hybridized carbons (Fsp3) is 0.385. The molecule has 2 rings (SSSR count). The van der Waals surface area contributed by atoms with Crippen molar-refractivity contribution in [1.29, 1.82) is 0 Å². The second-order valence-corrected chi connectivity index (χ2v) is 4.37. The molecule has 5 nitrogen and oxygen atoms in total. The van der Waals surface area contributed by atoms with Crippen LogP contribution >= 0.6 is 0 Å². The van der Waals surface area contributed by atoms with Crippen molar-refractivity contribution in [2.24, 2.45) is 7.05 Å². The predicted molar refractivity (Wildman–Crippen MR) is 72.3 cm³/mol. The van der Waals surface area contributed by atoms with E-state index in [4.69, 9.17) is 0 Å². The zero-order valence-corrected chi connectivity index (χ0v) is 11.1. The summed E-state index contributed by atoms with van der Waals surface area (Å²) in [5.74, 6) is 1.98. The third-order valence-electron chi connectivity index (χ3n) is 2.88. The monoisotopic (exact) mass is 245 g/mol. The molecule has 0 saturated heterocycles. The van der Waals surface area contributed by atoms with E-state index in [2.05, 4.69) is 26.3 Å². The number of imidazole rings is 1. The minimum atomic E-state index is 0.752. The van der Waals surface area contributed by atoms with Gasteiger partial charge in [0.05, 0.1) is 6.54 Å². The van der Waals surface area contributed by atoms with Crippen molar-refractivity contribution < 1.29 is 0 Å². The van der Waals surface area contributed by atoms with Crippen LogP contribution in [0.15, 0.2) is 30.7 Å². The molecule has 0 fully saturated rings. The van der Waals surface area contributed by atoms with Gasteiger partial charge in [0.15, 0.2) is 0 Å². The van der Waals surface area contributed by atoms with Gasteiger partial charge in [-0.2, -0.15) is 0 Å². The van der Waals surface area contributed by atoms with Crippen LogP contribution in [0.1, 0.15) is 11.4 Å². The smallest absolute Gasteiger partial charge is 0.128 e.